The Morgan fingerprint density at radius 1 is 0.474 bits per heavy atom. The molecule has 0 aliphatic carbocycles. The van der Waals surface area contributed by atoms with Gasteiger partial charge in [-0.2, -0.15) is 10.2 Å². The lowest BCUT2D eigenvalue weighted by Gasteiger charge is -2.25. The van der Waals surface area contributed by atoms with E-state index in [0.717, 1.165) is 39.6 Å². The number of para-hydroxylation sites is 2. The summed E-state index contributed by atoms with van der Waals surface area (Å²) in [6, 6.07) is 45.1. The quantitative estimate of drug-likeness (QED) is 0.160. The number of hydrogen-bond acceptors (Lipinski definition) is 5. The van der Waals surface area contributed by atoms with Gasteiger partial charge in [-0.25, -0.2) is 0 Å². The average molecular weight is 496 g/mol. The second kappa shape index (κ2) is 12.2. The van der Waals surface area contributed by atoms with Crippen LogP contribution in [0.4, 0.5) is 28.4 Å². The van der Waals surface area contributed by atoms with Crippen molar-refractivity contribution in [3.8, 4) is 0 Å². The molecule has 0 atom stereocenters. The fourth-order valence-electron chi connectivity index (χ4n) is 3.95. The van der Waals surface area contributed by atoms with E-state index in [1.54, 1.807) is 0 Å². The van der Waals surface area contributed by atoms with Crippen LogP contribution in [0.5, 0.6) is 0 Å². The van der Waals surface area contributed by atoms with Crippen molar-refractivity contribution in [1.29, 1.82) is 0 Å². The van der Waals surface area contributed by atoms with E-state index in [4.69, 9.17) is 0 Å². The molecule has 0 saturated heterocycles. The molecule has 0 unspecified atom stereocenters. The van der Waals surface area contributed by atoms with E-state index < -0.39 is 0 Å². The molecule has 5 heteroatoms. The summed E-state index contributed by atoms with van der Waals surface area (Å²) in [5, 5.41) is 8.72. The van der Waals surface area contributed by atoms with Crippen molar-refractivity contribution in [2.45, 2.75) is 6.92 Å². The number of hydrazone groups is 2. The van der Waals surface area contributed by atoms with Crippen LogP contribution in [-0.4, -0.2) is 12.4 Å². The minimum Gasteiger partial charge on any atom is -0.311 e. The molecule has 0 aliphatic rings. The molecule has 0 fully saturated rings. The Bertz CT molecular complexity index is 1380. The van der Waals surface area contributed by atoms with Crippen molar-refractivity contribution >= 4 is 40.9 Å². The normalized spacial score (nSPS) is 11.1. The first kappa shape index (κ1) is 24.5. The second-order valence-corrected chi connectivity index (χ2v) is 8.83. The third kappa shape index (κ3) is 6.53. The van der Waals surface area contributed by atoms with Crippen LogP contribution in [0.1, 0.15) is 16.7 Å². The van der Waals surface area contributed by atoms with Gasteiger partial charge in [0.25, 0.3) is 0 Å². The molecule has 0 aromatic heterocycles. The van der Waals surface area contributed by atoms with Gasteiger partial charge in [0.1, 0.15) is 0 Å². The van der Waals surface area contributed by atoms with Crippen LogP contribution < -0.4 is 15.8 Å². The maximum atomic E-state index is 4.36. The molecular weight excluding hydrogens is 466 g/mol. The molecular formula is C33H29N5. The monoisotopic (exact) mass is 495 g/mol. The SMILES string of the molecule is Cc1ccc(N(c2ccc(/C=N/Nc3ccccc3)cc2)c2ccc(/C=N/Nc3ccccc3)cc2)cc1. The van der Waals surface area contributed by atoms with E-state index in [1.165, 1.54) is 5.56 Å². The van der Waals surface area contributed by atoms with Gasteiger partial charge in [-0.15, -0.1) is 0 Å². The minimum absolute atomic E-state index is 0.954. The lowest BCUT2D eigenvalue weighted by Crippen LogP contribution is -2.10. The van der Waals surface area contributed by atoms with E-state index >= 15 is 0 Å². The van der Waals surface area contributed by atoms with E-state index in [2.05, 4.69) is 106 Å². The Balaban J connectivity index is 1.34. The number of anilines is 5. The molecule has 0 aliphatic heterocycles. The highest BCUT2D eigenvalue weighted by Gasteiger charge is 2.12. The van der Waals surface area contributed by atoms with Gasteiger partial charge in [0.05, 0.1) is 23.8 Å². The molecule has 0 amide bonds. The zero-order valence-electron chi connectivity index (χ0n) is 21.2. The molecule has 38 heavy (non-hydrogen) atoms. The second-order valence-electron chi connectivity index (χ2n) is 8.83. The Kier molecular flexibility index (Phi) is 7.87. The van der Waals surface area contributed by atoms with Crippen LogP contribution in [0.2, 0.25) is 0 Å². The molecule has 5 aromatic carbocycles. The molecule has 5 aromatic rings. The Morgan fingerprint density at radius 3 is 1.24 bits per heavy atom. The predicted molar refractivity (Wildman–Crippen MR) is 161 cm³/mol. The van der Waals surface area contributed by atoms with Crippen molar-refractivity contribution in [3.63, 3.8) is 0 Å². The van der Waals surface area contributed by atoms with Crippen LogP contribution >= 0.6 is 0 Å². The summed E-state index contributed by atoms with van der Waals surface area (Å²) < 4.78 is 0. The average Bonchev–Trinajstić information content (AvgIpc) is 2.97. The molecule has 0 heterocycles. The molecule has 0 radical (unpaired) electrons. The smallest absolute Gasteiger partial charge is 0.0561 e. The number of hydrogen-bond donors (Lipinski definition) is 2. The zero-order chi connectivity index (χ0) is 26.0. The first-order chi connectivity index (χ1) is 18.7. The fraction of sp³-hybridized carbons (Fsp3) is 0.0303. The number of nitrogens with zero attached hydrogens (tertiary/aromatic N) is 3. The summed E-state index contributed by atoms with van der Waals surface area (Å²) in [7, 11) is 0. The van der Waals surface area contributed by atoms with Gasteiger partial charge >= 0.3 is 0 Å². The van der Waals surface area contributed by atoms with Gasteiger partial charge in [0.15, 0.2) is 0 Å². The summed E-state index contributed by atoms with van der Waals surface area (Å²) in [4.78, 5) is 2.24. The lowest BCUT2D eigenvalue weighted by molar-refractivity contribution is 1.27. The molecule has 186 valence electrons. The summed E-state index contributed by atoms with van der Waals surface area (Å²) in [6.07, 6.45) is 3.65. The van der Waals surface area contributed by atoms with Crippen LogP contribution in [0.25, 0.3) is 0 Å². The van der Waals surface area contributed by atoms with Crippen LogP contribution in [-0.2, 0) is 0 Å². The van der Waals surface area contributed by atoms with Gasteiger partial charge in [0, 0.05) is 17.1 Å². The van der Waals surface area contributed by atoms with Crippen LogP contribution in [0.3, 0.4) is 0 Å². The van der Waals surface area contributed by atoms with Crippen molar-refractivity contribution in [2.75, 3.05) is 15.8 Å². The maximum absolute atomic E-state index is 4.36. The molecule has 5 nitrogen and oxygen atoms in total. The molecule has 0 saturated carbocycles. The van der Waals surface area contributed by atoms with Gasteiger partial charge < -0.3 is 4.90 Å². The van der Waals surface area contributed by atoms with E-state index in [1.807, 2.05) is 73.1 Å². The highest BCUT2D eigenvalue weighted by Crippen LogP contribution is 2.34. The summed E-state index contributed by atoms with van der Waals surface area (Å²) in [5.74, 6) is 0. The number of nitrogens with one attached hydrogen (secondary N) is 2. The first-order valence-electron chi connectivity index (χ1n) is 12.5. The standard InChI is InChI=1S/C33H29N5/c1-26-12-18-31(19-13-26)38(32-20-14-27(15-21-32)24-34-36-29-8-4-2-5-9-29)33-22-16-28(17-23-33)25-35-37-30-10-6-3-7-11-30/h2-25,36-37H,1H3/b34-24+,35-25+. The summed E-state index contributed by atoms with van der Waals surface area (Å²) in [6.45, 7) is 2.10. The summed E-state index contributed by atoms with van der Waals surface area (Å²) >= 11 is 0. The fourth-order valence-corrected chi connectivity index (χ4v) is 3.95. The first-order valence-corrected chi connectivity index (χ1v) is 12.5. The Morgan fingerprint density at radius 2 is 0.842 bits per heavy atom. The van der Waals surface area contributed by atoms with Crippen molar-refractivity contribution < 1.29 is 0 Å². The predicted octanol–water partition coefficient (Wildman–Crippen LogP) is 8.36. The number of aryl methyl sites for hydroxylation is 1. The van der Waals surface area contributed by atoms with Crippen LogP contribution in [0.15, 0.2) is 144 Å². The highest BCUT2D eigenvalue weighted by molar-refractivity contribution is 5.85. The maximum Gasteiger partial charge on any atom is 0.0561 e. The number of rotatable bonds is 9. The van der Waals surface area contributed by atoms with E-state index in [-0.39, 0.29) is 0 Å². The molecule has 0 bridgehead atoms. The summed E-state index contributed by atoms with van der Waals surface area (Å²) in [5.41, 5.74) is 14.5. The molecule has 0 spiro atoms. The Labute approximate surface area is 223 Å². The van der Waals surface area contributed by atoms with Gasteiger partial charge in [-0.05, 0) is 78.7 Å². The van der Waals surface area contributed by atoms with Crippen molar-refractivity contribution in [2.24, 2.45) is 10.2 Å². The van der Waals surface area contributed by atoms with Gasteiger partial charge in [0.2, 0.25) is 0 Å². The van der Waals surface area contributed by atoms with Gasteiger partial charge in [-0.1, -0.05) is 78.4 Å². The number of benzene rings is 5. The zero-order valence-corrected chi connectivity index (χ0v) is 21.2. The van der Waals surface area contributed by atoms with Gasteiger partial charge in [-0.3, -0.25) is 10.9 Å². The van der Waals surface area contributed by atoms with E-state index in [9.17, 15) is 0 Å². The molecule has 2 N–H and O–H groups in total. The van der Waals surface area contributed by atoms with Crippen LogP contribution in [0, 0.1) is 6.92 Å². The third-order valence-electron chi connectivity index (χ3n) is 5.96. The highest BCUT2D eigenvalue weighted by atomic mass is 15.3. The lowest BCUT2D eigenvalue weighted by atomic mass is 10.1. The Hall–Kier alpha value is -5.16. The van der Waals surface area contributed by atoms with Crippen molar-refractivity contribution in [3.05, 3.63) is 150 Å². The topological polar surface area (TPSA) is 52.0 Å². The minimum atomic E-state index is 0.954. The van der Waals surface area contributed by atoms with E-state index in [0.29, 0.717) is 0 Å². The third-order valence-corrected chi connectivity index (χ3v) is 5.96. The molecule has 5 rings (SSSR count). The van der Waals surface area contributed by atoms with Crippen molar-refractivity contribution in [1.82, 2.24) is 0 Å². The largest absolute Gasteiger partial charge is 0.311 e.